The van der Waals surface area contributed by atoms with E-state index in [9.17, 15) is 0 Å². The molecule has 0 aliphatic carbocycles. The lowest BCUT2D eigenvalue weighted by atomic mass is 9.85. The maximum absolute atomic E-state index is 2.34. The molecular weight excluding hydrogens is 528 g/mol. The highest BCUT2D eigenvalue weighted by Gasteiger charge is 2.17. The molecule has 9 aromatic rings. The first-order valence-corrected chi connectivity index (χ1v) is 15.3. The molecule has 44 heavy (non-hydrogen) atoms. The Bertz CT molecular complexity index is 2480. The fourth-order valence-electron chi connectivity index (χ4n) is 7.11. The summed E-state index contributed by atoms with van der Waals surface area (Å²) >= 11 is 0. The van der Waals surface area contributed by atoms with Gasteiger partial charge < -0.3 is 0 Å². The quantitative estimate of drug-likeness (QED) is 0.150. The van der Waals surface area contributed by atoms with Crippen molar-refractivity contribution in [3.63, 3.8) is 0 Å². The second-order valence-corrected chi connectivity index (χ2v) is 11.7. The summed E-state index contributed by atoms with van der Waals surface area (Å²) in [7, 11) is 0. The number of hydrogen-bond donors (Lipinski definition) is 0. The Morgan fingerprint density at radius 2 is 0.614 bits per heavy atom. The molecule has 0 N–H and O–H groups in total. The van der Waals surface area contributed by atoms with E-state index >= 15 is 0 Å². The van der Waals surface area contributed by atoms with Gasteiger partial charge >= 0.3 is 0 Å². The molecule has 0 saturated heterocycles. The minimum Gasteiger partial charge on any atom is -0.0616 e. The van der Waals surface area contributed by atoms with Crippen LogP contribution >= 0.6 is 0 Å². The monoisotopic (exact) mass is 556 g/mol. The second kappa shape index (κ2) is 9.93. The largest absolute Gasteiger partial charge is 0.0616 e. The molecule has 0 spiro atoms. The molecule has 0 bridgehead atoms. The smallest absolute Gasteiger partial charge is 0.00262 e. The van der Waals surface area contributed by atoms with E-state index in [1.54, 1.807) is 0 Å². The van der Waals surface area contributed by atoms with Crippen LogP contribution in [0.5, 0.6) is 0 Å². The molecule has 0 radical (unpaired) electrons. The SMILES string of the molecule is c1ccc2cc(-c3c4ccccc4c(-c4ccc(-c5ccc6ccc7ccccc7c6c5)cc4)c4ccccc34)ccc2c1. The number of hydrogen-bond acceptors (Lipinski definition) is 0. The van der Waals surface area contributed by atoms with Crippen LogP contribution in [0.15, 0.2) is 170 Å². The number of fused-ring (bicyclic) bond motifs is 6. The average Bonchev–Trinajstić information content (AvgIpc) is 3.10. The van der Waals surface area contributed by atoms with Crippen LogP contribution in [-0.2, 0) is 0 Å². The van der Waals surface area contributed by atoms with Gasteiger partial charge in [0.2, 0.25) is 0 Å². The lowest BCUT2D eigenvalue weighted by Gasteiger charge is -2.18. The van der Waals surface area contributed by atoms with Crippen LogP contribution in [-0.4, -0.2) is 0 Å². The van der Waals surface area contributed by atoms with Crippen molar-refractivity contribution in [3.05, 3.63) is 170 Å². The summed E-state index contributed by atoms with van der Waals surface area (Å²) < 4.78 is 0. The summed E-state index contributed by atoms with van der Waals surface area (Å²) in [5.41, 5.74) is 7.54. The highest BCUT2D eigenvalue weighted by Crippen LogP contribution is 2.44. The van der Waals surface area contributed by atoms with Crippen molar-refractivity contribution in [1.82, 2.24) is 0 Å². The van der Waals surface area contributed by atoms with Gasteiger partial charge in [-0.05, 0) is 99.4 Å². The van der Waals surface area contributed by atoms with Crippen molar-refractivity contribution >= 4 is 53.9 Å². The van der Waals surface area contributed by atoms with Crippen molar-refractivity contribution in [2.75, 3.05) is 0 Å². The predicted octanol–water partition coefficient (Wildman–Crippen LogP) is 12.5. The zero-order valence-corrected chi connectivity index (χ0v) is 24.2. The first kappa shape index (κ1) is 24.8. The van der Waals surface area contributed by atoms with Gasteiger partial charge in [0.15, 0.2) is 0 Å². The van der Waals surface area contributed by atoms with Gasteiger partial charge in [-0.3, -0.25) is 0 Å². The van der Waals surface area contributed by atoms with E-state index in [0.29, 0.717) is 0 Å². The van der Waals surface area contributed by atoms with Crippen molar-refractivity contribution in [2.24, 2.45) is 0 Å². The molecule has 0 nitrogen and oxygen atoms in total. The van der Waals surface area contributed by atoms with E-state index in [2.05, 4.69) is 170 Å². The van der Waals surface area contributed by atoms with Gasteiger partial charge in [-0.1, -0.05) is 158 Å². The summed E-state index contributed by atoms with van der Waals surface area (Å²) in [6.07, 6.45) is 0. The van der Waals surface area contributed by atoms with Crippen molar-refractivity contribution in [3.8, 4) is 33.4 Å². The molecule has 0 amide bonds. The Hall–Kier alpha value is -5.72. The Morgan fingerprint density at radius 3 is 1.27 bits per heavy atom. The van der Waals surface area contributed by atoms with Crippen LogP contribution in [0.2, 0.25) is 0 Å². The third-order valence-corrected chi connectivity index (χ3v) is 9.22. The number of benzene rings is 9. The summed E-state index contributed by atoms with van der Waals surface area (Å²) in [4.78, 5) is 0. The predicted molar refractivity (Wildman–Crippen MR) is 190 cm³/mol. The molecule has 0 aliphatic rings. The normalized spacial score (nSPS) is 11.6. The molecule has 0 heterocycles. The molecule has 204 valence electrons. The van der Waals surface area contributed by atoms with Gasteiger partial charge in [0.05, 0.1) is 0 Å². The Morgan fingerprint density at radius 1 is 0.205 bits per heavy atom. The third kappa shape index (κ3) is 3.92. The number of rotatable bonds is 3. The topological polar surface area (TPSA) is 0 Å². The van der Waals surface area contributed by atoms with E-state index in [0.717, 1.165) is 0 Å². The average molecular weight is 557 g/mol. The zero-order valence-electron chi connectivity index (χ0n) is 24.2. The molecule has 0 atom stereocenters. The van der Waals surface area contributed by atoms with E-state index in [1.807, 2.05) is 0 Å². The van der Waals surface area contributed by atoms with Crippen LogP contribution in [0.25, 0.3) is 87.2 Å². The maximum Gasteiger partial charge on any atom is -0.00262 e. The summed E-state index contributed by atoms with van der Waals surface area (Å²) in [5, 5.41) is 12.8. The van der Waals surface area contributed by atoms with Crippen molar-refractivity contribution in [1.29, 1.82) is 0 Å². The van der Waals surface area contributed by atoms with Crippen molar-refractivity contribution in [2.45, 2.75) is 0 Å². The Kier molecular flexibility index (Phi) is 5.61. The van der Waals surface area contributed by atoms with Gasteiger partial charge in [0, 0.05) is 0 Å². The van der Waals surface area contributed by atoms with Crippen LogP contribution in [0.3, 0.4) is 0 Å². The maximum atomic E-state index is 2.34. The van der Waals surface area contributed by atoms with Gasteiger partial charge in [-0.25, -0.2) is 0 Å². The van der Waals surface area contributed by atoms with Crippen LogP contribution < -0.4 is 0 Å². The van der Waals surface area contributed by atoms with Crippen LogP contribution in [0.1, 0.15) is 0 Å². The summed E-state index contributed by atoms with van der Waals surface area (Å²) in [6.45, 7) is 0. The molecule has 0 aliphatic heterocycles. The van der Waals surface area contributed by atoms with Gasteiger partial charge in [-0.15, -0.1) is 0 Å². The van der Waals surface area contributed by atoms with Gasteiger partial charge in [-0.2, -0.15) is 0 Å². The van der Waals surface area contributed by atoms with Gasteiger partial charge in [0.1, 0.15) is 0 Å². The molecule has 0 aromatic heterocycles. The fraction of sp³-hybridized carbons (Fsp3) is 0. The summed E-state index contributed by atoms with van der Waals surface area (Å²) in [5.74, 6) is 0. The van der Waals surface area contributed by atoms with E-state index in [-0.39, 0.29) is 0 Å². The molecule has 0 saturated carbocycles. The van der Waals surface area contributed by atoms with Gasteiger partial charge in [0.25, 0.3) is 0 Å². The third-order valence-electron chi connectivity index (χ3n) is 9.22. The molecule has 0 unspecified atom stereocenters. The first-order valence-electron chi connectivity index (χ1n) is 15.3. The zero-order chi connectivity index (χ0) is 29.0. The first-order chi connectivity index (χ1) is 21.8. The second-order valence-electron chi connectivity index (χ2n) is 11.7. The van der Waals surface area contributed by atoms with E-state index < -0.39 is 0 Å². The molecular formula is C44H28. The lowest BCUT2D eigenvalue weighted by Crippen LogP contribution is -1.91. The highest BCUT2D eigenvalue weighted by atomic mass is 14.2. The Balaban J connectivity index is 1.22. The molecule has 0 heteroatoms. The molecule has 9 rings (SSSR count). The highest BCUT2D eigenvalue weighted by molar-refractivity contribution is 6.21. The molecule has 9 aromatic carbocycles. The standard InChI is InChI=1S/C44H28/c1-2-11-34-27-36(26-19-29(34)9-1)44-40-15-7-5-13-38(40)43(39-14-6-8-16-41(39)44)33-23-17-30(18-24-33)35-25-22-32-21-20-31-10-3-4-12-37(31)42(32)28-35/h1-28H. The molecule has 0 fully saturated rings. The van der Waals surface area contributed by atoms with Crippen LogP contribution in [0.4, 0.5) is 0 Å². The van der Waals surface area contributed by atoms with E-state index in [4.69, 9.17) is 0 Å². The van der Waals surface area contributed by atoms with Crippen LogP contribution in [0, 0.1) is 0 Å². The summed E-state index contributed by atoms with van der Waals surface area (Å²) in [6, 6.07) is 62.3. The Labute approximate surface area is 256 Å². The van der Waals surface area contributed by atoms with Crippen molar-refractivity contribution < 1.29 is 0 Å². The minimum absolute atomic E-state index is 1.23. The minimum atomic E-state index is 1.23. The van der Waals surface area contributed by atoms with E-state index in [1.165, 1.54) is 87.2 Å². The fourth-order valence-corrected chi connectivity index (χ4v) is 7.11. The lowest BCUT2D eigenvalue weighted by molar-refractivity contribution is 1.63.